The summed E-state index contributed by atoms with van der Waals surface area (Å²) in [5, 5.41) is 8.92. The van der Waals surface area contributed by atoms with Crippen LogP contribution in [0.2, 0.25) is 0 Å². The van der Waals surface area contributed by atoms with Gasteiger partial charge in [-0.25, -0.2) is 0 Å². The van der Waals surface area contributed by atoms with Gasteiger partial charge < -0.3 is 10.1 Å². The maximum absolute atomic E-state index is 12.1. The topological polar surface area (TPSA) is 50.2 Å². The lowest BCUT2D eigenvalue weighted by Gasteiger charge is -2.57. The Kier molecular flexibility index (Phi) is 3.08. The third-order valence-corrected chi connectivity index (χ3v) is 10.0. The smallest absolute Gasteiger partial charge is 0.306 e. The van der Waals surface area contributed by atoms with E-state index in [0.717, 1.165) is 54.4 Å². The minimum atomic E-state index is -0.132. The summed E-state index contributed by atoms with van der Waals surface area (Å²) in [6.45, 7) is 2.47. The highest BCUT2D eigenvalue weighted by Gasteiger charge is 2.78. The Morgan fingerprint density at radius 2 is 1.92 bits per heavy atom. The molecule has 4 saturated carbocycles. The summed E-state index contributed by atoms with van der Waals surface area (Å²) in [6, 6.07) is 0. The molecule has 6 aliphatic rings. The summed E-state index contributed by atoms with van der Waals surface area (Å²) in [4.78, 5) is 12.1. The highest BCUT2D eigenvalue weighted by atomic mass is 35.5. The predicted molar refractivity (Wildman–Crippen MR) is 100 cm³/mol. The zero-order valence-electron chi connectivity index (χ0n) is 15.5. The molecule has 26 heavy (non-hydrogen) atoms. The average molecular weight is 374 g/mol. The average Bonchev–Trinajstić information content (AvgIpc) is 3.26. The van der Waals surface area contributed by atoms with E-state index in [1.54, 1.807) is 0 Å². The lowest BCUT2D eigenvalue weighted by Crippen LogP contribution is -2.55. The van der Waals surface area contributed by atoms with Crippen LogP contribution < -0.4 is 0 Å². The molecule has 8 atom stereocenters. The van der Waals surface area contributed by atoms with Crippen LogP contribution in [0.3, 0.4) is 0 Å². The minimum absolute atomic E-state index is 0.0473. The van der Waals surface area contributed by atoms with Crippen LogP contribution in [0.5, 0.6) is 0 Å². The van der Waals surface area contributed by atoms with Crippen molar-refractivity contribution < 1.29 is 9.53 Å². The number of rotatable bonds is 0. The number of allylic oxidation sites excluding steroid dienone is 2. The zero-order valence-corrected chi connectivity index (χ0v) is 16.3. The van der Waals surface area contributed by atoms with Gasteiger partial charge in [-0.15, -0.1) is 0 Å². The van der Waals surface area contributed by atoms with Gasteiger partial charge >= 0.3 is 5.97 Å². The first kappa shape index (κ1) is 16.2. The zero-order chi connectivity index (χ0) is 17.8. The fraction of sp³-hybridized carbons (Fsp3) is 0.818. The maximum atomic E-state index is 12.1. The Hall–Kier alpha value is -0.830. The van der Waals surface area contributed by atoms with Gasteiger partial charge in [-0.05, 0) is 86.5 Å². The van der Waals surface area contributed by atoms with Crippen LogP contribution >= 0.6 is 11.6 Å². The fourth-order valence-corrected chi connectivity index (χ4v) is 8.95. The molecule has 1 heterocycles. The summed E-state index contributed by atoms with van der Waals surface area (Å²) in [7, 11) is 0. The van der Waals surface area contributed by atoms with Crippen LogP contribution in [0.15, 0.2) is 10.6 Å². The second-order valence-corrected chi connectivity index (χ2v) is 10.6. The number of fused-ring (bicyclic) bond motifs is 9. The van der Waals surface area contributed by atoms with Crippen LogP contribution in [0.25, 0.3) is 0 Å². The van der Waals surface area contributed by atoms with Crippen molar-refractivity contribution >= 4 is 23.3 Å². The van der Waals surface area contributed by atoms with E-state index >= 15 is 0 Å². The molecule has 0 aromatic carbocycles. The summed E-state index contributed by atoms with van der Waals surface area (Å²) in [5.41, 5.74) is 2.13. The number of carbonyl (C=O) groups excluding carboxylic acids is 1. The van der Waals surface area contributed by atoms with Gasteiger partial charge in [0, 0.05) is 23.5 Å². The van der Waals surface area contributed by atoms with Crippen LogP contribution in [0.1, 0.15) is 64.7 Å². The van der Waals surface area contributed by atoms with Crippen LogP contribution in [-0.2, 0) is 9.53 Å². The molecule has 0 aromatic rings. The molecule has 140 valence electrons. The third kappa shape index (κ3) is 1.73. The van der Waals surface area contributed by atoms with E-state index in [4.69, 9.17) is 21.7 Å². The number of ether oxygens (including phenoxy) is 1. The van der Waals surface area contributed by atoms with Crippen molar-refractivity contribution in [2.24, 2.45) is 40.9 Å². The molecule has 5 aliphatic carbocycles. The summed E-state index contributed by atoms with van der Waals surface area (Å²) < 4.78 is 6.16. The molecule has 1 aliphatic heterocycles. The summed E-state index contributed by atoms with van der Waals surface area (Å²) in [6.07, 6.45) is 9.64. The van der Waals surface area contributed by atoms with Crippen LogP contribution in [0.4, 0.5) is 0 Å². The van der Waals surface area contributed by atoms with Crippen molar-refractivity contribution in [2.75, 3.05) is 0 Å². The summed E-state index contributed by atoms with van der Waals surface area (Å²) in [5.74, 6) is 4.34. The van der Waals surface area contributed by atoms with Crippen molar-refractivity contribution in [1.82, 2.24) is 0 Å². The molecule has 1 saturated heterocycles. The molecule has 6 rings (SSSR count). The first-order valence-corrected chi connectivity index (χ1v) is 11.0. The van der Waals surface area contributed by atoms with Gasteiger partial charge in [-0.1, -0.05) is 18.5 Å². The quantitative estimate of drug-likeness (QED) is 0.602. The summed E-state index contributed by atoms with van der Waals surface area (Å²) >= 11 is 6.56. The second-order valence-electron chi connectivity index (χ2n) is 10.2. The molecule has 1 N–H and O–H groups in total. The van der Waals surface area contributed by atoms with Crippen molar-refractivity contribution in [3.8, 4) is 0 Å². The third-order valence-electron chi connectivity index (χ3n) is 9.57. The minimum Gasteiger partial charge on any atom is -0.458 e. The van der Waals surface area contributed by atoms with Gasteiger partial charge in [0.1, 0.15) is 5.60 Å². The van der Waals surface area contributed by atoms with Gasteiger partial charge in [-0.3, -0.25) is 4.79 Å². The van der Waals surface area contributed by atoms with Gasteiger partial charge in [0.15, 0.2) is 0 Å². The Morgan fingerprint density at radius 3 is 2.69 bits per heavy atom. The molecular weight excluding hydrogens is 346 g/mol. The van der Waals surface area contributed by atoms with E-state index in [1.165, 1.54) is 31.3 Å². The normalized spacial score (nSPS) is 54.5. The van der Waals surface area contributed by atoms with Gasteiger partial charge in [0.2, 0.25) is 0 Å². The first-order valence-electron chi connectivity index (χ1n) is 10.6. The number of halogens is 1. The molecule has 0 amide bonds. The van der Waals surface area contributed by atoms with E-state index in [0.29, 0.717) is 24.0 Å². The largest absolute Gasteiger partial charge is 0.458 e. The number of esters is 1. The van der Waals surface area contributed by atoms with Crippen molar-refractivity contribution in [3.63, 3.8) is 0 Å². The van der Waals surface area contributed by atoms with E-state index in [-0.39, 0.29) is 17.0 Å². The highest BCUT2D eigenvalue weighted by Crippen LogP contribution is 2.78. The van der Waals surface area contributed by atoms with E-state index in [9.17, 15) is 4.79 Å². The predicted octanol–water partition coefficient (Wildman–Crippen LogP) is 5.08. The monoisotopic (exact) mass is 373 g/mol. The second kappa shape index (κ2) is 4.96. The fourth-order valence-electron chi connectivity index (χ4n) is 8.62. The number of hydrogen-bond acceptors (Lipinski definition) is 3. The van der Waals surface area contributed by atoms with E-state index < -0.39 is 0 Å². The molecular formula is C22H28ClNO2. The van der Waals surface area contributed by atoms with Gasteiger partial charge in [0.25, 0.3) is 0 Å². The Balaban J connectivity index is 1.38. The van der Waals surface area contributed by atoms with Crippen LogP contribution in [-0.4, -0.2) is 17.3 Å². The van der Waals surface area contributed by atoms with Gasteiger partial charge in [-0.2, -0.15) is 0 Å². The molecule has 4 heteroatoms. The van der Waals surface area contributed by atoms with Crippen LogP contribution in [0, 0.1) is 46.3 Å². The van der Waals surface area contributed by atoms with E-state index in [2.05, 4.69) is 6.92 Å². The van der Waals surface area contributed by atoms with Crippen molar-refractivity contribution in [3.05, 3.63) is 10.6 Å². The Labute approximate surface area is 160 Å². The Morgan fingerprint density at radius 1 is 1.08 bits per heavy atom. The first-order chi connectivity index (χ1) is 12.5. The van der Waals surface area contributed by atoms with Crippen molar-refractivity contribution in [1.29, 1.82) is 5.41 Å². The molecule has 1 spiro atoms. The van der Waals surface area contributed by atoms with Gasteiger partial charge in [0.05, 0.1) is 5.03 Å². The molecule has 5 fully saturated rings. The standard InChI is InChI=1S/C22H28ClNO2/c1-21-8-6-12-11-4-5-17(24)20(23)14(11)3-2-13(12)19(21)15-10-16(15)22(21)9-7-18(25)26-22/h11-13,15-16,19,24H,2-10H2,1H3/t11?,12?,13?,15?,16?,19?,21-,22-/m0/s1. The van der Waals surface area contributed by atoms with E-state index in [1.807, 2.05) is 0 Å². The molecule has 0 radical (unpaired) electrons. The lowest BCUT2D eigenvalue weighted by molar-refractivity contribution is -0.174. The lowest BCUT2D eigenvalue weighted by atomic mass is 9.49. The SMILES string of the molecule is C[C@]12CCC3C4CCC(=N)C(Cl)=C4CCC3C1C1CC1[C@@]21CCC(=O)O1. The Bertz CT molecular complexity index is 759. The molecule has 6 unspecified atom stereocenters. The number of hydrogen-bond donors (Lipinski definition) is 1. The van der Waals surface area contributed by atoms with Crippen molar-refractivity contribution in [2.45, 2.75) is 70.3 Å². The highest BCUT2D eigenvalue weighted by molar-refractivity contribution is 6.43. The molecule has 0 aromatic heterocycles. The molecule has 0 bridgehead atoms. The number of carbonyl (C=O) groups is 1. The molecule has 3 nitrogen and oxygen atoms in total. The number of nitrogens with one attached hydrogen (secondary N) is 1. The maximum Gasteiger partial charge on any atom is 0.306 e.